The first kappa shape index (κ1) is 24.1. The number of nitrogens with one attached hydrogen (secondary N) is 3. The van der Waals surface area contributed by atoms with E-state index in [-0.39, 0.29) is 29.5 Å². The molecule has 2 aromatic carbocycles. The molecule has 9 nitrogen and oxygen atoms in total. The van der Waals surface area contributed by atoms with E-state index in [2.05, 4.69) is 16.1 Å². The lowest BCUT2D eigenvalue weighted by molar-refractivity contribution is -0.127. The first-order valence-electron chi connectivity index (χ1n) is 11.9. The van der Waals surface area contributed by atoms with Gasteiger partial charge in [0.05, 0.1) is 17.8 Å². The Balaban J connectivity index is 1.52. The molecule has 2 fully saturated rings. The predicted octanol–water partition coefficient (Wildman–Crippen LogP) is 2.59. The minimum Gasteiger partial charge on any atom is -0.332 e. The number of carbonyl (C=O) groups is 5. The van der Waals surface area contributed by atoms with Crippen molar-refractivity contribution in [2.75, 3.05) is 10.8 Å². The highest BCUT2D eigenvalue weighted by Gasteiger charge is 2.58. The third-order valence-corrected chi connectivity index (χ3v) is 8.68. The third-order valence-electron chi connectivity index (χ3n) is 7.00. The first-order valence-corrected chi connectivity index (χ1v) is 12.9. The van der Waals surface area contributed by atoms with Crippen LogP contribution in [-0.4, -0.2) is 52.0 Å². The summed E-state index contributed by atoms with van der Waals surface area (Å²) < 4.78 is -1.01. The minimum atomic E-state index is -1.01. The van der Waals surface area contributed by atoms with Crippen LogP contribution in [0.3, 0.4) is 0 Å². The summed E-state index contributed by atoms with van der Waals surface area (Å²) in [6, 6.07) is 12.0. The Kier molecular flexibility index (Phi) is 6.29. The van der Waals surface area contributed by atoms with Gasteiger partial charge in [-0.3, -0.25) is 24.6 Å². The fourth-order valence-corrected chi connectivity index (χ4v) is 6.69. The van der Waals surface area contributed by atoms with E-state index in [4.69, 9.17) is 0 Å². The van der Waals surface area contributed by atoms with E-state index in [1.807, 2.05) is 0 Å². The van der Waals surface area contributed by atoms with E-state index in [0.717, 1.165) is 5.01 Å². The van der Waals surface area contributed by atoms with Crippen molar-refractivity contribution in [1.82, 2.24) is 16.1 Å². The highest BCUT2D eigenvalue weighted by molar-refractivity contribution is 8.01. The van der Waals surface area contributed by atoms with Gasteiger partial charge in [0, 0.05) is 35.8 Å². The van der Waals surface area contributed by atoms with Crippen LogP contribution in [0.1, 0.15) is 58.9 Å². The Morgan fingerprint density at radius 3 is 2.22 bits per heavy atom. The molecule has 1 spiro atoms. The van der Waals surface area contributed by atoms with Crippen LogP contribution in [0, 0.1) is 0 Å². The van der Waals surface area contributed by atoms with Gasteiger partial charge in [-0.05, 0) is 37.1 Å². The van der Waals surface area contributed by atoms with E-state index < -0.39 is 16.7 Å². The minimum absolute atomic E-state index is 0.0338. The zero-order valence-electron chi connectivity index (χ0n) is 19.7. The molecule has 5 heterocycles. The average molecular weight is 507 g/mol. The maximum Gasteiger partial charge on any atom is 0.315 e. The van der Waals surface area contributed by atoms with Gasteiger partial charge in [-0.25, -0.2) is 9.80 Å². The van der Waals surface area contributed by atoms with E-state index >= 15 is 0 Å². The molecule has 186 valence electrons. The number of amides is 4. The molecule has 7 rings (SSSR count). The van der Waals surface area contributed by atoms with Gasteiger partial charge >= 0.3 is 6.03 Å². The predicted molar refractivity (Wildman–Crippen MR) is 135 cm³/mol. The van der Waals surface area contributed by atoms with Crippen molar-refractivity contribution in [1.29, 1.82) is 0 Å². The van der Waals surface area contributed by atoms with E-state index in [0.29, 0.717) is 53.8 Å². The molecule has 0 unspecified atom stereocenters. The number of nitrogens with zero attached hydrogens (tertiary/aromatic N) is 1. The largest absolute Gasteiger partial charge is 0.332 e. The number of Topliss-reactive ketones (excluding diaryl/α,β-unsaturated/α-hetero) is 1. The van der Waals surface area contributed by atoms with Gasteiger partial charge in [-0.2, -0.15) is 0 Å². The molecular formula is C26H26N4O5S. The van der Waals surface area contributed by atoms with E-state index in [9.17, 15) is 24.0 Å². The fourth-order valence-electron chi connectivity index (χ4n) is 5.07. The van der Waals surface area contributed by atoms with Gasteiger partial charge in [0.2, 0.25) is 5.91 Å². The maximum absolute atomic E-state index is 13.8. The molecule has 3 atom stereocenters. The van der Waals surface area contributed by atoms with Crippen LogP contribution in [0.4, 0.5) is 10.5 Å². The molecule has 0 aromatic heterocycles. The van der Waals surface area contributed by atoms with Crippen LogP contribution in [0.2, 0.25) is 0 Å². The number of fused-ring (bicyclic) bond motifs is 3. The smallest absolute Gasteiger partial charge is 0.315 e. The second-order valence-corrected chi connectivity index (χ2v) is 10.6. The van der Waals surface area contributed by atoms with Gasteiger partial charge in [0.15, 0.2) is 11.6 Å². The lowest BCUT2D eigenvalue weighted by Gasteiger charge is -2.34. The summed E-state index contributed by atoms with van der Waals surface area (Å²) in [7, 11) is 0. The van der Waals surface area contributed by atoms with Crippen molar-refractivity contribution in [3.8, 4) is 0 Å². The van der Waals surface area contributed by atoms with Crippen LogP contribution >= 0.6 is 11.8 Å². The monoisotopic (exact) mass is 506 g/mol. The Hall–Kier alpha value is -3.66. The first-order chi connectivity index (χ1) is 17.3. The molecule has 0 aliphatic carbocycles. The van der Waals surface area contributed by atoms with Crippen molar-refractivity contribution in [3.05, 3.63) is 65.2 Å². The third kappa shape index (κ3) is 4.26. The Morgan fingerprint density at radius 2 is 1.56 bits per heavy atom. The van der Waals surface area contributed by atoms with Crippen LogP contribution < -0.4 is 21.1 Å². The summed E-state index contributed by atoms with van der Waals surface area (Å²) >= 11 is 1.45. The van der Waals surface area contributed by atoms with Crippen LogP contribution in [0.25, 0.3) is 0 Å². The zero-order valence-corrected chi connectivity index (χ0v) is 20.5. The standard InChI is InChI=1S/C26H26N4O5S/c1-15(31)30-19-11-9-18(10-12-19)22(33)17-7-5-16(6-8-17)21(32)4-2-3-13-26(24(34)29-30)23-20(14-36-26)27-25(35)28-23/h5-12,20,23H,2-4,13-14H2,1H3,(H,29,34)(H2,27,28,35)/t20-,23-,26-/m0/s1. The molecule has 4 amide bonds. The molecule has 0 radical (unpaired) electrons. The number of anilines is 1. The molecule has 2 saturated heterocycles. The second-order valence-electron chi connectivity index (χ2n) is 9.28. The van der Waals surface area contributed by atoms with E-state index in [1.165, 1.54) is 18.7 Å². The summed E-state index contributed by atoms with van der Waals surface area (Å²) in [5, 5.41) is 6.91. The quantitative estimate of drug-likeness (QED) is 0.472. The number of carbonyl (C=O) groups excluding carboxylic acids is 5. The number of urea groups is 1. The van der Waals surface area contributed by atoms with Crippen LogP contribution in [-0.2, 0) is 9.59 Å². The normalized spacial score (nSPS) is 26.3. The molecule has 2 aromatic rings. The lowest BCUT2D eigenvalue weighted by Crippen LogP contribution is -2.60. The molecule has 3 N–H and O–H groups in total. The Bertz CT molecular complexity index is 1250. The van der Waals surface area contributed by atoms with Crippen molar-refractivity contribution >= 4 is 46.9 Å². The molecular weight excluding hydrogens is 480 g/mol. The van der Waals surface area contributed by atoms with Crippen molar-refractivity contribution in [2.45, 2.75) is 49.4 Å². The summed E-state index contributed by atoms with van der Waals surface area (Å²) in [5.41, 5.74) is 4.59. The molecule has 5 aliphatic heterocycles. The summed E-state index contributed by atoms with van der Waals surface area (Å²) in [5.74, 6) is -0.479. The number of hydrazine groups is 1. The summed E-state index contributed by atoms with van der Waals surface area (Å²) in [6.45, 7) is 1.34. The molecule has 5 aliphatic rings. The van der Waals surface area contributed by atoms with E-state index in [1.54, 1.807) is 48.5 Å². The maximum atomic E-state index is 13.8. The molecule has 0 saturated carbocycles. The van der Waals surface area contributed by atoms with Crippen LogP contribution in [0.5, 0.6) is 0 Å². The number of thioether (sulfide) groups is 1. The van der Waals surface area contributed by atoms with Crippen molar-refractivity contribution in [2.24, 2.45) is 0 Å². The lowest BCUT2D eigenvalue weighted by atomic mass is 9.88. The topological polar surface area (TPSA) is 125 Å². The average Bonchev–Trinajstić information content (AvgIpc) is 3.42. The number of benzene rings is 2. The molecule has 10 heteroatoms. The fraction of sp³-hybridized carbons (Fsp3) is 0.346. The summed E-state index contributed by atoms with van der Waals surface area (Å²) in [4.78, 5) is 64.0. The molecule has 4 bridgehead atoms. The molecule has 36 heavy (non-hydrogen) atoms. The second kappa shape index (κ2) is 9.42. The highest BCUT2D eigenvalue weighted by atomic mass is 32.2. The summed E-state index contributed by atoms with van der Waals surface area (Å²) in [6.07, 6.45) is 1.87. The number of hydrogen-bond acceptors (Lipinski definition) is 6. The Morgan fingerprint density at radius 1 is 0.917 bits per heavy atom. The van der Waals surface area contributed by atoms with Gasteiger partial charge in [0.1, 0.15) is 4.75 Å². The van der Waals surface area contributed by atoms with Gasteiger partial charge in [0.25, 0.3) is 5.91 Å². The van der Waals surface area contributed by atoms with Gasteiger partial charge in [-0.1, -0.05) is 30.7 Å². The van der Waals surface area contributed by atoms with Crippen molar-refractivity contribution < 1.29 is 24.0 Å². The Labute approximate surface area is 212 Å². The zero-order chi connectivity index (χ0) is 25.4. The number of ketones is 2. The van der Waals surface area contributed by atoms with Gasteiger partial charge < -0.3 is 10.6 Å². The number of rotatable bonds is 0. The number of hydrogen-bond donors (Lipinski definition) is 3. The van der Waals surface area contributed by atoms with Gasteiger partial charge in [-0.15, -0.1) is 11.8 Å². The SMILES string of the molecule is CC(=O)N1NC(=O)[C@@]2(CCCCC(=O)c3ccc(cc3)C(=O)c3ccc1cc3)SC[C@@H]1NC(=O)N[C@@H]12. The van der Waals surface area contributed by atoms with Crippen molar-refractivity contribution in [3.63, 3.8) is 0 Å². The highest BCUT2D eigenvalue weighted by Crippen LogP contribution is 2.44. The van der Waals surface area contributed by atoms with Crippen LogP contribution in [0.15, 0.2) is 48.5 Å².